The van der Waals surface area contributed by atoms with Crippen molar-refractivity contribution in [3.63, 3.8) is 0 Å². The van der Waals surface area contributed by atoms with Crippen molar-refractivity contribution < 1.29 is 17.9 Å². The Morgan fingerprint density at radius 2 is 1.68 bits per heavy atom. The van der Waals surface area contributed by atoms with Crippen molar-refractivity contribution in [2.45, 2.75) is 30.7 Å². The predicted molar refractivity (Wildman–Crippen MR) is 122 cm³/mol. The lowest BCUT2D eigenvalue weighted by Gasteiger charge is -2.15. The summed E-state index contributed by atoms with van der Waals surface area (Å²) in [4.78, 5) is 12.7. The number of aryl methyl sites for hydroxylation is 1. The zero-order valence-corrected chi connectivity index (χ0v) is 18.4. The number of carbonyl (C=O) groups is 1. The second-order valence-corrected chi connectivity index (χ2v) is 8.94. The fourth-order valence-electron chi connectivity index (χ4n) is 3.10. The average Bonchev–Trinajstić information content (AvgIpc) is 2.78. The number of anilines is 1. The Labute approximate surface area is 183 Å². The Hall–Kier alpha value is -3.32. The molecule has 0 heterocycles. The van der Waals surface area contributed by atoms with Crippen molar-refractivity contribution in [3.05, 3.63) is 90.0 Å². The van der Waals surface area contributed by atoms with Crippen molar-refractivity contribution in [2.75, 3.05) is 11.8 Å². The van der Waals surface area contributed by atoms with Crippen LogP contribution in [-0.4, -0.2) is 27.5 Å². The first kappa shape index (κ1) is 22.4. The summed E-state index contributed by atoms with van der Waals surface area (Å²) in [6, 6.07) is 22.6. The lowest BCUT2D eigenvalue weighted by Crippen LogP contribution is -2.32. The molecule has 162 valence electrons. The number of ether oxygens (including phenoxy) is 1. The fraction of sp³-hybridized carbons (Fsp3) is 0.208. The van der Waals surface area contributed by atoms with Crippen molar-refractivity contribution in [3.8, 4) is 5.75 Å². The molecule has 0 saturated carbocycles. The van der Waals surface area contributed by atoms with Gasteiger partial charge in [-0.05, 0) is 67.8 Å². The number of hydrogen-bond donors (Lipinski definition) is 2. The quantitative estimate of drug-likeness (QED) is 0.523. The van der Waals surface area contributed by atoms with Gasteiger partial charge in [-0.2, -0.15) is 0 Å². The zero-order chi connectivity index (χ0) is 22.3. The predicted octanol–water partition coefficient (Wildman–Crippen LogP) is 4.25. The number of rotatable bonds is 9. The monoisotopic (exact) mass is 438 g/mol. The number of methoxy groups -OCH3 is 1. The summed E-state index contributed by atoms with van der Waals surface area (Å²) in [6.45, 7) is 1.96. The summed E-state index contributed by atoms with van der Waals surface area (Å²) in [5.41, 5.74) is 1.93. The smallest absolute Gasteiger partial charge is 0.261 e. The Kier molecular flexibility index (Phi) is 7.31. The van der Waals surface area contributed by atoms with Crippen molar-refractivity contribution in [2.24, 2.45) is 0 Å². The van der Waals surface area contributed by atoms with Gasteiger partial charge in [-0.25, -0.2) is 8.42 Å². The molecule has 2 N–H and O–H groups in total. The third-order valence-corrected chi connectivity index (χ3v) is 6.23. The van der Waals surface area contributed by atoms with Gasteiger partial charge in [0.1, 0.15) is 5.75 Å². The van der Waals surface area contributed by atoms with E-state index in [-0.39, 0.29) is 16.8 Å². The molecule has 3 rings (SSSR count). The molecule has 7 heteroatoms. The van der Waals surface area contributed by atoms with E-state index in [2.05, 4.69) is 22.2 Å². The van der Waals surface area contributed by atoms with E-state index in [0.29, 0.717) is 17.0 Å². The molecule has 0 aromatic heterocycles. The minimum Gasteiger partial charge on any atom is -0.497 e. The van der Waals surface area contributed by atoms with E-state index in [1.54, 1.807) is 30.3 Å². The first-order valence-corrected chi connectivity index (χ1v) is 11.5. The molecule has 0 saturated heterocycles. The van der Waals surface area contributed by atoms with E-state index >= 15 is 0 Å². The highest BCUT2D eigenvalue weighted by atomic mass is 32.2. The zero-order valence-electron chi connectivity index (χ0n) is 17.5. The van der Waals surface area contributed by atoms with Gasteiger partial charge in [-0.1, -0.05) is 36.4 Å². The minimum atomic E-state index is -3.78. The molecule has 1 atom stereocenters. The summed E-state index contributed by atoms with van der Waals surface area (Å²) in [7, 11) is -2.27. The Morgan fingerprint density at radius 3 is 2.35 bits per heavy atom. The SMILES string of the molecule is COc1ccc(S(=O)(=O)Nc2cccc(C(=O)N[C@H](C)CCc3ccccc3)c2)cc1. The maximum Gasteiger partial charge on any atom is 0.261 e. The van der Waals surface area contributed by atoms with Crippen LogP contribution < -0.4 is 14.8 Å². The van der Waals surface area contributed by atoms with Crippen LogP contribution in [0.25, 0.3) is 0 Å². The second kappa shape index (κ2) is 10.1. The van der Waals surface area contributed by atoms with Crippen molar-refractivity contribution >= 4 is 21.6 Å². The van der Waals surface area contributed by atoms with E-state index in [0.717, 1.165) is 12.8 Å². The van der Waals surface area contributed by atoms with E-state index in [1.807, 2.05) is 25.1 Å². The first-order valence-electron chi connectivity index (χ1n) is 9.99. The number of hydrogen-bond acceptors (Lipinski definition) is 4. The molecule has 0 aliphatic carbocycles. The Bertz CT molecular complexity index is 1110. The molecule has 0 fully saturated rings. The summed E-state index contributed by atoms with van der Waals surface area (Å²) in [6.07, 6.45) is 1.67. The Balaban J connectivity index is 1.62. The summed E-state index contributed by atoms with van der Waals surface area (Å²) >= 11 is 0. The van der Waals surface area contributed by atoms with Crippen LogP contribution in [0.4, 0.5) is 5.69 Å². The highest BCUT2D eigenvalue weighted by molar-refractivity contribution is 7.92. The average molecular weight is 439 g/mol. The molecule has 6 nitrogen and oxygen atoms in total. The van der Waals surface area contributed by atoms with E-state index in [1.165, 1.54) is 30.9 Å². The molecule has 0 aliphatic rings. The maximum atomic E-state index is 12.6. The van der Waals surface area contributed by atoms with Gasteiger partial charge in [0.05, 0.1) is 12.0 Å². The van der Waals surface area contributed by atoms with Crippen LogP contribution in [0.5, 0.6) is 5.75 Å². The van der Waals surface area contributed by atoms with Crippen LogP contribution in [0.1, 0.15) is 29.3 Å². The highest BCUT2D eigenvalue weighted by Crippen LogP contribution is 2.20. The first-order chi connectivity index (χ1) is 14.9. The molecule has 0 bridgehead atoms. The lowest BCUT2D eigenvalue weighted by atomic mass is 10.1. The van der Waals surface area contributed by atoms with Crippen LogP contribution in [0, 0.1) is 0 Å². The standard InChI is InChI=1S/C24H26N2O4S/c1-18(11-12-19-7-4-3-5-8-19)25-24(27)20-9-6-10-21(17-20)26-31(28,29)23-15-13-22(30-2)14-16-23/h3-10,13-18,26H,11-12H2,1-2H3,(H,25,27)/t18-/m1/s1. The van der Waals surface area contributed by atoms with Gasteiger partial charge in [-0.15, -0.1) is 0 Å². The molecular formula is C24H26N2O4S. The third kappa shape index (κ3) is 6.33. The number of benzene rings is 3. The second-order valence-electron chi connectivity index (χ2n) is 7.26. The molecule has 1 amide bonds. The Morgan fingerprint density at radius 1 is 0.968 bits per heavy atom. The molecule has 0 radical (unpaired) electrons. The summed E-state index contributed by atoms with van der Waals surface area (Å²) < 4.78 is 32.8. The number of amides is 1. The van der Waals surface area contributed by atoms with Crippen LogP contribution >= 0.6 is 0 Å². The van der Waals surface area contributed by atoms with Gasteiger partial charge < -0.3 is 10.1 Å². The topological polar surface area (TPSA) is 84.5 Å². The van der Waals surface area contributed by atoms with Gasteiger partial charge in [0, 0.05) is 17.3 Å². The molecule has 0 aliphatic heterocycles. The normalized spacial score (nSPS) is 12.1. The van der Waals surface area contributed by atoms with Crippen LogP contribution in [-0.2, 0) is 16.4 Å². The molecular weight excluding hydrogens is 412 g/mol. The van der Waals surface area contributed by atoms with Crippen LogP contribution in [0.2, 0.25) is 0 Å². The summed E-state index contributed by atoms with van der Waals surface area (Å²) in [5.74, 6) is 0.324. The van der Waals surface area contributed by atoms with E-state index in [4.69, 9.17) is 4.74 Å². The highest BCUT2D eigenvalue weighted by Gasteiger charge is 2.16. The van der Waals surface area contributed by atoms with E-state index < -0.39 is 10.0 Å². The van der Waals surface area contributed by atoms with Gasteiger partial charge in [0.15, 0.2) is 0 Å². The van der Waals surface area contributed by atoms with Crippen molar-refractivity contribution in [1.29, 1.82) is 0 Å². The maximum absolute atomic E-state index is 12.6. The van der Waals surface area contributed by atoms with Gasteiger partial charge in [-0.3, -0.25) is 9.52 Å². The number of carbonyl (C=O) groups excluding carboxylic acids is 1. The fourth-order valence-corrected chi connectivity index (χ4v) is 4.15. The minimum absolute atomic E-state index is 0.0210. The van der Waals surface area contributed by atoms with Crippen LogP contribution in [0.15, 0.2) is 83.8 Å². The van der Waals surface area contributed by atoms with Crippen LogP contribution in [0.3, 0.4) is 0 Å². The molecule has 3 aromatic rings. The van der Waals surface area contributed by atoms with Crippen molar-refractivity contribution in [1.82, 2.24) is 5.32 Å². The van der Waals surface area contributed by atoms with Gasteiger partial charge >= 0.3 is 0 Å². The molecule has 0 unspecified atom stereocenters. The molecule has 31 heavy (non-hydrogen) atoms. The summed E-state index contributed by atoms with van der Waals surface area (Å²) in [5, 5.41) is 2.97. The number of sulfonamides is 1. The van der Waals surface area contributed by atoms with Gasteiger partial charge in [0.25, 0.3) is 15.9 Å². The van der Waals surface area contributed by atoms with Gasteiger partial charge in [0.2, 0.25) is 0 Å². The number of nitrogens with one attached hydrogen (secondary N) is 2. The largest absolute Gasteiger partial charge is 0.497 e. The third-order valence-electron chi connectivity index (χ3n) is 4.83. The lowest BCUT2D eigenvalue weighted by molar-refractivity contribution is 0.0938. The molecule has 3 aromatic carbocycles. The molecule has 0 spiro atoms. The van der Waals surface area contributed by atoms with E-state index in [9.17, 15) is 13.2 Å².